The highest BCUT2D eigenvalue weighted by Crippen LogP contribution is 2.17. The maximum absolute atomic E-state index is 12.3. The Morgan fingerprint density at radius 2 is 1.69 bits per heavy atom. The SMILES string of the molecule is CC(=O)Nc1ccc(NC(=O)c2ccc(OC3CCOCC3)nc2)cc1. The molecule has 136 valence electrons. The fourth-order valence-corrected chi connectivity index (χ4v) is 2.59. The number of benzene rings is 1. The zero-order chi connectivity index (χ0) is 18.4. The summed E-state index contributed by atoms with van der Waals surface area (Å²) in [6, 6.07) is 10.3. The van der Waals surface area contributed by atoms with Crippen molar-refractivity contribution in [2.45, 2.75) is 25.9 Å². The van der Waals surface area contributed by atoms with Crippen molar-refractivity contribution in [3.63, 3.8) is 0 Å². The van der Waals surface area contributed by atoms with Crippen LogP contribution in [0.1, 0.15) is 30.1 Å². The van der Waals surface area contributed by atoms with Crippen LogP contribution in [0.25, 0.3) is 0 Å². The summed E-state index contributed by atoms with van der Waals surface area (Å²) in [5, 5.41) is 5.46. The molecule has 26 heavy (non-hydrogen) atoms. The molecule has 0 radical (unpaired) electrons. The van der Waals surface area contributed by atoms with Crippen molar-refractivity contribution >= 4 is 23.2 Å². The Morgan fingerprint density at radius 3 is 2.27 bits per heavy atom. The lowest BCUT2D eigenvalue weighted by Crippen LogP contribution is -2.26. The van der Waals surface area contributed by atoms with Crippen molar-refractivity contribution < 1.29 is 19.1 Å². The molecule has 0 aliphatic carbocycles. The Labute approximate surface area is 151 Å². The highest BCUT2D eigenvalue weighted by atomic mass is 16.5. The number of hydrogen-bond donors (Lipinski definition) is 2. The van der Waals surface area contributed by atoms with E-state index in [-0.39, 0.29) is 17.9 Å². The van der Waals surface area contributed by atoms with Gasteiger partial charge in [-0.2, -0.15) is 0 Å². The number of carbonyl (C=O) groups is 2. The number of amides is 2. The summed E-state index contributed by atoms with van der Waals surface area (Å²) >= 11 is 0. The van der Waals surface area contributed by atoms with Gasteiger partial charge in [0.05, 0.1) is 18.8 Å². The normalized spacial score (nSPS) is 14.5. The largest absolute Gasteiger partial charge is 0.474 e. The monoisotopic (exact) mass is 355 g/mol. The van der Waals surface area contributed by atoms with Gasteiger partial charge in [-0.1, -0.05) is 0 Å². The van der Waals surface area contributed by atoms with E-state index in [1.54, 1.807) is 36.4 Å². The van der Waals surface area contributed by atoms with Crippen LogP contribution >= 0.6 is 0 Å². The molecule has 1 aromatic carbocycles. The first kappa shape index (κ1) is 17.9. The van der Waals surface area contributed by atoms with Crippen LogP contribution in [0.15, 0.2) is 42.6 Å². The first-order chi connectivity index (χ1) is 12.6. The van der Waals surface area contributed by atoms with Gasteiger partial charge in [0.2, 0.25) is 11.8 Å². The first-order valence-corrected chi connectivity index (χ1v) is 8.49. The summed E-state index contributed by atoms with van der Waals surface area (Å²) in [7, 11) is 0. The van der Waals surface area contributed by atoms with Gasteiger partial charge in [-0.25, -0.2) is 4.98 Å². The number of pyridine rings is 1. The quantitative estimate of drug-likeness (QED) is 0.861. The standard InChI is InChI=1S/C19H21N3O4/c1-13(23)21-15-3-5-16(6-4-15)22-19(24)14-2-7-18(20-12-14)26-17-8-10-25-11-9-17/h2-7,12,17H,8-11H2,1H3,(H,21,23)(H,22,24). The molecule has 1 aliphatic heterocycles. The lowest BCUT2D eigenvalue weighted by Gasteiger charge is -2.22. The van der Waals surface area contributed by atoms with E-state index >= 15 is 0 Å². The Morgan fingerprint density at radius 1 is 1.04 bits per heavy atom. The lowest BCUT2D eigenvalue weighted by atomic mass is 10.1. The summed E-state index contributed by atoms with van der Waals surface area (Å²) in [5.41, 5.74) is 1.74. The maximum atomic E-state index is 12.3. The molecule has 2 N–H and O–H groups in total. The molecule has 0 bridgehead atoms. The van der Waals surface area contributed by atoms with Crippen LogP contribution in [-0.2, 0) is 9.53 Å². The van der Waals surface area contributed by atoms with Gasteiger partial charge in [0, 0.05) is 43.4 Å². The zero-order valence-electron chi connectivity index (χ0n) is 14.5. The minimum atomic E-state index is -0.262. The second kappa shape index (κ2) is 8.44. The minimum Gasteiger partial charge on any atom is -0.474 e. The molecule has 0 unspecified atom stereocenters. The van der Waals surface area contributed by atoms with Crippen molar-refractivity contribution in [1.29, 1.82) is 0 Å². The van der Waals surface area contributed by atoms with Crippen molar-refractivity contribution in [2.75, 3.05) is 23.8 Å². The van der Waals surface area contributed by atoms with Crippen molar-refractivity contribution in [2.24, 2.45) is 0 Å². The lowest BCUT2D eigenvalue weighted by molar-refractivity contribution is -0.114. The van der Waals surface area contributed by atoms with E-state index in [2.05, 4.69) is 15.6 Å². The van der Waals surface area contributed by atoms with Crippen molar-refractivity contribution in [1.82, 2.24) is 4.98 Å². The van der Waals surface area contributed by atoms with Crippen LogP contribution in [0.2, 0.25) is 0 Å². The third-order valence-corrected chi connectivity index (χ3v) is 3.92. The molecule has 1 saturated heterocycles. The van der Waals surface area contributed by atoms with E-state index in [1.807, 2.05) is 0 Å². The molecular weight excluding hydrogens is 334 g/mol. The van der Waals surface area contributed by atoms with E-state index in [9.17, 15) is 9.59 Å². The molecule has 0 spiro atoms. The van der Waals surface area contributed by atoms with Gasteiger partial charge in [0.25, 0.3) is 5.91 Å². The molecule has 0 saturated carbocycles. The number of aromatic nitrogens is 1. The number of nitrogens with zero attached hydrogens (tertiary/aromatic N) is 1. The maximum Gasteiger partial charge on any atom is 0.257 e. The predicted molar refractivity (Wildman–Crippen MR) is 97.4 cm³/mol. The average molecular weight is 355 g/mol. The van der Waals surface area contributed by atoms with Crippen LogP contribution in [0, 0.1) is 0 Å². The number of anilines is 2. The van der Waals surface area contributed by atoms with Gasteiger partial charge in [-0.3, -0.25) is 9.59 Å². The molecule has 7 nitrogen and oxygen atoms in total. The van der Waals surface area contributed by atoms with Crippen LogP contribution < -0.4 is 15.4 Å². The molecule has 1 aromatic heterocycles. The van der Waals surface area contributed by atoms with E-state index in [1.165, 1.54) is 13.1 Å². The third kappa shape index (κ3) is 5.03. The van der Waals surface area contributed by atoms with E-state index in [0.717, 1.165) is 12.8 Å². The first-order valence-electron chi connectivity index (χ1n) is 8.49. The molecule has 7 heteroatoms. The summed E-state index contributed by atoms with van der Waals surface area (Å²) in [6.45, 7) is 2.84. The van der Waals surface area contributed by atoms with E-state index < -0.39 is 0 Å². The summed E-state index contributed by atoms with van der Waals surface area (Å²) < 4.78 is 11.1. The second-order valence-corrected chi connectivity index (χ2v) is 6.03. The second-order valence-electron chi connectivity index (χ2n) is 6.03. The zero-order valence-corrected chi connectivity index (χ0v) is 14.5. The highest BCUT2D eigenvalue weighted by molar-refractivity contribution is 6.04. The predicted octanol–water partition coefficient (Wildman–Crippen LogP) is 2.85. The fraction of sp³-hybridized carbons (Fsp3) is 0.316. The highest BCUT2D eigenvalue weighted by Gasteiger charge is 2.16. The van der Waals surface area contributed by atoms with Crippen molar-refractivity contribution in [3.8, 4) is 5.88 Å². The number of ether oxygens (including phenoxy) is 2. The summed E-state index contributed by atoms with van der Waals surface area (Å²) in [5.74, 6) is 0.103. The molecule has 2 amide bonds. The van der Waals surface area contributed by atoms with Gasteiger partial charge in [-0.15, -0.1) is 0 Å². The molecule has 0 atom stereocenters. The Kier molecular flexibility index (Phi) is 5.80. The minimum absolute atomic E-state index is 0.109. The van der Waals surface area contributed by atoms with Gasteiger partial charge in [0.1, 0.15) is 6.10 Å². The molecule has 2 aromatic rings. The van der Waals surface area contributed by atoms with Crippen LogP contribution in [-0.4, -0.2) is 36.1 Å². The summed E-state index contributed by atoms with van der Waals surface area (Å²) in [4.78, 5) is 27.5. The Bertz CT molecular complexity index is 753. The van der Waals surface area contributed by atoms with Gasteiger partial charge >= 0.3 is 0 Å². The smallest absolute Gasteiger partial charge is 0.257 e. The molecular formula is C19H21N3O4. The van der Waals surface area contributed by atoms with Crippen LogP contribution in [0.4, 0.5) is 11.4 Å². The average Bonchev–Trinajstić information content (AvgIpc) is 2.64. The Hall–Kier alpha value is -2.93. The Balaban J connectivity index is 1.56. The number of rotatable bonds is 5. The number of carbonyl (C=O) groups excluding carboxylic acids is 2. The molecule has 1 fully saturated rings. The summed E-state index contributed by atoms with van der Waals surface area (Å²) in [6.07, 6.45) is 3.30. The van der Waals surface area contributed by atoms with E-state index in [4.69, 9.17) is 9.47 Å². The topological polar surface area (TPSA) is 89.6 Å². The third-order valence-electron chi connectivity index (χ3n) is 3.92. The van der Waals surface area contributed by atoms with Gasteiger partial charge in [-0.05, 0) is 30.3 Å². The van der Waals surface area contributed by atoms with E-state index in [0.29, 0.717) is 36.0 Å². The molecule has 1 aliphatic rings. The molecule has 3 rings (SSSR count). The molecule has 2 heterocycles. The van der Waals surface area contributed by atoms with Gasteiger partial charge < -0.3 is 20.1 Å². The number of nitrogens with one attached hydrogen (secondary N) is 2. The van der Waals surface area contributed by atoms with Crippen LogP contribution in [0.5, 0.6) is 5.88 Å². The van der Waals surface area contributed by atoms with Crippen molar-refractivity contribution in [3.05, 3.63) is 48.2 Å². The van der Waals surface area contributed by atoms with Crippen LogP contribution in [0.3, 0.4) is 0 Å². The fourth-order valence-electron chi connectivity index (χ4n) is 2.59. The van der Waals surface area contributed by atoms with Gasteiger partial charge in [0.15, 0.2) is 0 Å². The number of hydrogen-bond acceptors (Lipinski definition) is 5.